The van der Waals surface area contributed by atoms with E-state index in [9.17, 15) is 33.9 Å². The number of H-pyrrole nitrogens is 1. The average Bonchev–Trinajstić information content (AvgIpc) is 3.20. The standard InChI is InChI=1S/C20H22N4O9S2/c1-8(25)32-5-9-6-34-16-11(15(28)24(16)12(9)17(29)30)22-14(27)13(26)10-7-35-18(21-10)23-19(31)33-20(2,3)4/h7,11,16H,5-6H2,1-4H3,(H,22,27)(H,29,30)(H,21,23,31)/t11?,16-/m1/s1. The molecule has 1 unspecified atom stereocenters. The number of rotatable bonds is 6. The second-order valence-electron chi connectivity index (χ2n) is 8.40. The van der Waals surface area contributed by atoms with Crippen molar-refractivity contribution in [1.29, 1.82) is 0 Å². The van der Waals surface area contributed by atoms with Gasteiger partial charge in [0.2, 0.25) is 0 Å². The van der Waals surface area contributed by atoms with Crippen LogP contribution in [-0.4, -0.2) is 80.0 Å². The highest BCUT2D eigenvalue weighted by Gasteiger charge is 2.54. The Hall–Kier alpha value is -3.46. The van der Waals surface area contributed by atoms with Gasteiger partial charge in [-0.3, -0.25) is 24.1 Å². The SMILES string of the molecule is CC(=O)OCC1=C(C(=O)O)N2C(=O)C(NC(=O)C(=O)c3cs/c(=N\C(=O)OC(C)(C)C)[nH]3)[C@H]2SC1. The number of carbonyl (C=O) groups is 6. The van der Waals surface area contributed by atoms with Gasteiger partial charge in [-0.25, -0.2) is 9.59 Å². The molecule has 0 aliphatic carbocycles. The molecule has 1 fully saturated rings. The van der Waals surface area contributed by atoms with Crippen LogP contribution in [0.25, 0.3) is 0 Å². The zero-order valence-electron chi connectivity index (χ0n) is 19.1. The predicted molar refractivity (Wildman–Crippen MR) is 121 cm³/mol. The average molecular weight is 527 g/mol. The number of nitrogens with zero attached hydrogens (tertiary/aromatic N) is 2. The van der Waals surface area contributed by atoms with Crippen molar-refractivity contribution in [1.82, 2.24) is 15.2 Å². The minimum atomic E-state index is -1.37. The van der Waals surface area contributed by atoms with Gasteiger partial charge in [0.1, 0.15) is 35.0 Å². The number of carbonyl (C=O) groups excluding carboxylic acids is 5. The summed E-state index contributed by atoms with van der Waals surface area (Å²) in [6.07, 6.45) is -0.871. The Kier molecular flexibility index (Phi) is 7.50. The third kappa shape index (κ3) is 5.97. The molecule has 2 aliphatic heterocycles. The first-order valence-electron chi connectivity index (χ1n) is 10.1. The Morgan fingerprint density at radius 1 is 1.29 bits per heavy atom. The van der Waals surface area contributed by atoms with Crippen LogP contribution in [0.5, 0.6) is 0 Å². The van der Waals surface area contributed by atoms with Gasteiger partial charge >= 0.3 is 18.0 Å². The summed E-state index contributed by atoms with van der Waals surface area (Å²) in [7, 11) is 0. The second-order valence-corrected chi connectivity index (χ2v) is 10.4. The van der Waals surface area contributed by atoms with Gasteiger partial charge in [0.05, 0.1) is 0 Å². The van der Waals surface area contributed by atoms with Crippen LogP contribution in [-0.2, 0) is 28.7 Å². The third-order valence-electron chi connectivity index (χ3n) is 4.55. The van der Waals surface area contributed by atoms with Crippen molar-refractivity contribution in [3.05, 3.63) is 27.1 Å². The summed E-state index contributed by atoms with van der Waals surface area (Å²) in [6.45, 7) is 5.90. The molecule has 35 heavy (non-hydrogen) atoms. The molecule has 1 aromatic rings. The lowest BCUT2D eigenvalue weighted by Crippen LogP contribution is -2.71. The zero-order chi connectivity index (χ0) is 26.1. The molecule has 3 N–H and O–H groups in total. The van der Waals surface area contributed by atoms with Crippen LogP contribution in [0.3, 0.4) is 0 Å². The first-order chi connectivity index (χ1) is 16.3. The van der Waals surface area contributed by atoms with Gasteiger partial charge in [-0.15, -0.1) is 28.1 Å². The predicted octanol–water partition coefficient (Wildman–Crippen LogP) is 0.396. The number of nitrogens with one attached hydrogen (secondary N) is 2. The van der Waals surface area contributed by atoms with E-state index < -0.39 is 52.6 Å². The van der Waals surface area contributed by atoms with E-state index >= 15 is 0 Å². The Morgan fingerprint density at radius 2 is 1.97 bits per heavy atom. The lowest BCUT2D eigenvalue weighted by Gasteiger charge is -2.49. The fraction of sp³-hybridized carbons (Fsp3) is 0.450. The highest BCUT2D eigenvalue weighted by atomic mass is 32.2. The molecule has 0 radical (unpaired) electrons. The number of aromatic amines is 1. The van der Waals surface area contributed by atoms with Gasteiger partial charge in [-0.2, -0.15) is 0 Å². The lowest BCUT2D eigenvalue weighted by molar-refractivity contribution is -0.150. The molecule has 0 saturated carbocycles. The molecule has 1 saturated heterocycles. The summed E-state index contributed by atoms with van der Waals surface area (Å²) in [5, 5.41) is 12.4. The van der Waals surface area contributed by atoms with E-state index in [2.05, 4.69) is 15.3 Å². The number of hydrogen-bond acceptors (Lipinski definition) is 10. The van der Waals surface area contributed by atoms with Crippen molar-refractivity contribution in [3.63, 3.8) is 0 Å². The van der Waals surface area contributed by atoms with E-state index in [1.165, 1.54) is 24.1 Å². The Bertz CT molecular complexity index is 1210. The van der Waals surface area contributed by atoms with Crippen LogP contribution in [0.15, 0.2) is 21.6 Å². The number of amides is 3. The highest BCUT2D eigenvalue weighted by molar-refractivity contribution is 8.00. The number of fused-ring (bicyclic) bond motifs is 1. The summed E-state index contributed by atoms with van der Waals surface area (Å²) < 4.78 is 9.92. The minimum Gasteiger partial charge on any atom is -0.477 e. The van der Waals surface area contributed by atoms with Gasteiger partial charge in [-0.05, 0) is 20.8 Å². The molecule has 188 valence electrons. The van der Waals surface area contributed by atoms with Crippen LogP contribution in [0, 0.1) is 0 Å². The van der Waals surface area contributed by atoms with Crippen molar-refractivity contribution < 1.29 is 43.3 Å². The maximum Gasteiger partial charge on any atom is 0.436 e. The quantitative estimate of drug-likeness (QED) is 0.203. The van der Waals surface area contributed by atoms with Gasteiger partial charge in [-0.1, -0.05) is 0 Å². The number of carboxylic acids is 1. The summed E-state index contributed by atoms with van der Waals surface area (Å²) in [4.78, 5) is 79.5. The van der Waals surface area contributed by atoms with E-state index in [0.29, 0.717) is 0 Å². The van der Waals surface area contributed by atoms with Crippen LogP contribution in [0.2, 0.25) is 0 Å². The van der Waals surface area contributed by atoms with E-state index in [-0.39, 0.29) is 34.1 Å². The van der Waals surface area contributed by atoms with Crippen molar-refractivity contribution >= 4 is 58.7 Å². The van der Waals surface area contributed by atoms with Crippen LogP contribution in [0.4, 0.5) is 4.79 Å². The highest BCUT2D eigenvalue weighted by Crippen LogP contribution is 2.40. The van der Waals surface area contributed by atoms with E-state index in [0.717, 1.165) is 16.2 Å². The third-order valence-corrected chi connectivity index (χ3v) is 6.66. The molecular weight excluding hydrogens is 504 g/mol. The van der Waals surface area contributed by atoms with E-state index in [4.69, 9.17) is 9.47 Å². The fourth-order valence-electron chi connectivity index (χ4n) is 3.13. The number of aliphatic carboxylic acids is 1. The summed E-state index contributed by atoms with van der Waals surface area (Å²) in [6, 6.07) is -1.12. The minimum absolute atomic E-state index is 0.0423. The number of β-lactam (4-membered cyclic amide) rings is 1. The van der Waals surface area contributed by atoms with E-state index in [1.54, 1.807) is 20.8 Å². The van der Waals surface area contributed by atoms with Crippen LogP contribution < -0.4 is 10.1 Å². The molecule has 0 aromatic carbocycles. The lowest BCUT2D eigenvalue weighted by atomic mass is 10.0. The van der Waals surface area contributed by atoms with Crippen molar-refractivity contribution in [2.75, 3.05) is 12.4 Å². The normalized spacial score (nSPS) is 20.1. The Labute approximate surface area is 206 Å². The smallest absolute Gasteiger partial charge is 0.436 e. The van der Waals surface area contributed by atoms with Crippen LogP contribution in [0.1, 0.15) is 38.2 Å². The number of hydrogen-bond donors (Lipinski definition) is 3. The topological polar surface area (TPSA) is 185 Å². The molecule has 13 nitrogen and oxygen atoms in total. The zero-order valence-corrected chi connectivity index (χ0v) is 20.7. The first-order valence-corrected chi connectivity index (χ1v) is 12.1. The van der Waals surface area contributed by atoms with Crippen molar-refractivity contribution in [2.45, 2.75) is 44.7 Å². The molecular formula is C20H22N4O9S2. The summed E-state index contributed by atoms with van der Waals surface area (Å²) >= 11 is 2.07. The summed E-state index contributed by atoms with van der Waals surface area (Å²) in [5.41, 5.74) is -0.966. The van der Waals surface area contributed by atoms with Gasteiger partial charge in [0, 0.05) is 23.6 Å². The Morgan fingerprint density at radius 3 is 2.57 bits per heavy atom. The number of esters is 1. The number of aromatic nitrogens is 1. The fourth-order valence-corrected chi connectivity index (χ4v) is 5.15. The molecule has 2 aliphatic rings. The molecule has 0 bridgehead atoms. The van der Waals surface area contributed by atoms with Gasteiger partial charge in [0.25, 0.3) is 17.6 Å². The van der Waals surface area contributed by atoms with Crippen molar-refractivity contribution in [2.24, 2.45) is 4.99 Å². The first kappa shape index (κ1) is 26.2. The molecule has 15 heteroatoms. The molecule has 0 spiro atoms. The molecule has 1 aromatic heterocycles. The number of thioether (sulfide) groups is 1. The van der Waals surface area contributed by atoms with Gasteiger partial charge < -0.3 is 24.9 Å². The second kappa shape index (κ2) is 10.0. The molecule has 3 rings (SSSR count). The largest absolute Gasteiger partial charge is 0.477 e. The summed E-state index contributed by atoms with van der Waals surface area (Å²) in [5.74, 6) is -4.62. The van der Waals surface area contributed by atoms with Crippen molar-refractivity contribution in [3.8, 4) is 0 Å². The maximum absolute atomic E-state index is 12.6. The number of carboxylic acid groups (broad SMARTS) is 1. The Balaban J connectivity index is 1.68. The maximum atomic E-state index is 12.6. The number of Topliss-reactive ketones (excluding diaryl/α,β-unsaturated/α-hetero) is 1. The molecule has 3 heterocycles. The number of ether oxygens (including phenoxy) is 2. The van der Waals surface area contributed by atoms with Crippen LogP contribution >= 0.6 is 23.1 Å². The molecule has 2 atom stereocenters. The monoisotopic (exact) mass is 526 g/mol. The molecule has 3 amide bonds. The number of thiazole rings is 1. The van der Waals surface area contributed by atoms with Gasteiger partial charge in [0.15, 0.2) is 4.80 Å². The number of ketones is 1. The van der Waals surface area contributed by atoms with E-state index in [1.807, 2.05) is 0 Å².